The molecule has 32 heavy (non-hydrogen) atoms. The maximum atomic E-state index is 12.0. The highest BCUT2D eigenvalue weighted by Crippen LogP contribution is 2.19. The lowest BCUT2D eigenvalue weighted by Crippen LogP contribution is -2.47. The van der Waals surface area contributed by atoms with E-state index >= 15 is 0 Å². The summed E-state index contributed by atoms with van der Waals surface area (Å²) in [6.07, 6.45) is 0.769. The van der Waals surface area contributed by atoms with Gasteiger partial charge in [0.1, 0.15) is 0 Å². The van der Waals surface area contributed by atoms with Gasteiger partial charge in [-0.15, -0.1) is 0 Å². The molecule has 3 N–H and O–H groups in total. The van der Waals surface area contributed by atoms with Gasteiger partial charge in [0.05, 0.1) is 0 Å². The molecule has 0 bridgehead atoms. The van der Waals surface area contributed by atoms with E-state index in [0.717, 1.165) is 44.2 Å². The molecule has 0 aromatic heterocycles. The molecular weight excluding hydrogens is 430 g/mol. The molecular formula is C23H28ClN5O3. The molecule has 0 atom stereocenters. The van der Waals surface area contributed by atoms with Crippen molar-refractivity contribution in [1.29, 1.82) is 0 Å². The monoisotopic (exact) mass is 457 g/mol. The number of hydrogen-bond acceptors (Lipinski definition) is 5. The number of halogens is 1. The zero-order chi connectivity index (χ0) is 22.9. The number of nitrogens with zero attached hydrogens (tertiary/aromatic N) is 2. The van der Waals surface area contributed by atoms with E-state index in [4.69, 9.17) is 11.6 Å². The van der Waals surface area contributed by atoms with Crippen molar-refractivity contribution in [3.8, 4) is 0 Å². The SMILES string of the molecule is CC(=O)Nc1ccc(NC(=O)C(=O)NCCCN2CCN(c3ccc(Cl)cc3)CC2)cc1. The minimum atomic E-state index is -0.714. The number of amides is 3. The molecule has 3 rings (SSSR count). The fourth-order valence-corrected chi connectivity index (χ4v) is 3.62. The number of carbonyl (C=O) groups excluding carboxylic acids is 3. The van der Waals surface area contributed by atoms with Crippen molar-refractivity contribution in [3.63, 3.8) is 0 Å². The molecule has 1 aliphatic rings. The van der Waals surface area contributed by atoms with E-state index in [0.29, 0.717) is 17.9 Å². The Hall–Kier alpha value is -3.10. The number of benzene rings is 2. The zero-order valence-corrected chi connectivity index (χ0v) is 18.8. The lowest BCUT2D eigenvalue weighted by Gasteiger charge is -2.36. The second-order valence-corrected chi connectivity index (χ2v) is 8.06. The van der Waals surface area contributed by atoms with Crippen molar-refractivity contribution in [2.45, 2.75) is 13.3 Å². The second-order valence-electron chi connectivity index (χ2n) is 7.63. The Kier molecular flexibility index (Phi) is 8.47. The summed E-state index contributed by atoms with van der Waals surface area (Å²) < 4.78 is 0. The number of anilines is 3. The molecule has 0 saturated carbocycles. The molecule has 170 valence electrons. The van der Waals surface area contributed by atoms with Crippen LogP contribution in [0.4, 0.5) is 17.1 Å². The van der Waals surface area contributed by atoms with E-state index in [9.17, 15) is 14.4 Å². The molecule has 0 unspecified atom stereocenters. The lowest BCUT2D eigenvalue weighted by molar-refractivity contribution is -0.136. The molecule has 0 radical (unpaired) electrons. The third kappa shape index (κ3) is 7.25. The molecule has 8 nitrogen and oxygen atoms in total. The number of piperazine rings is 1. The maximum absolute atomic E-state index is 12.0. The van der Waals surface area contributed by atoms with Gasteiger partial charge in [0.15, 0.2) is 0 Å². The number of hydrogen-bond donors (Lipinski definition) is 3. The van der Waals surface area contributed by atoms with Gasteiger partial charge in [-0.1, -0.05) is 11.6 Å². The van der Waals surface area contributed by atoms with E-state index < -0.39 is 11.8 Å². The van der Waals surface area contributed by atoms with Crippen molar-refractivity contribution in [1.82, 2.24) is 10.2 Å². The summed E-state index contributed by atoms with van der Waals surface area (Å²) in [4.78, 5) is 39.8. The van der Waals surface area contributed by atoms with Gasteiger partial charge in [-0.05, 0) is 61.5 Å². The summed E-state index contributed by atoms with van der Waals surface area (Å²) >= 11 is 5.95. The third-order valence-corrected chi connectivity index (χ3v) is 5.42. The molecule has 2 aromatic carbocycles. The van der Waals surface area contributed by atoms with Crippen molar-refractivity contribution >= 4 is 46.4 Å². The molecule has 2 aromatic rings. The Bertz CT molecular complexity index is 926. The van der Waals surface area contributed by atoms with Crippen LogP contribution in [-0.2, 0) is 14.4 Å². The van der Waals surface area contributed by atoms with Gasteiger partial charge >= 0.3 is 11.8 Å². The van der Waals surface area contributed by atoms with E-state index in [1.807, 2.05) is 24.3 Å². The van der Waals surface area contributed by atoms with Crippen molar-refractivity contribution in [2.75, 3.05) is 54.8 Å². The van der Waals surface area contributed by atoms with E-state index in [2.05, 4.69) is 25.8 Å². The molecule has 1 aliphatic heterocycles. The van der Waals surface area contributed by atoms with Crippen LogP contribution in [0.2, 0.25) is 5.02 Å². The van der Waals surface area contributed by atoms with Gasteiger partial charge in [-0.25, -0.2) is 0 Å². The standard InChI is InChI=1S/C23H28ClN5O3/c1-17(30)26-19-5-7-20(8-6-19)27-23(32)22(31)25-11-2-12-28-13-15-29(16-14-28)21-9-3-18(24)4-10-21/h3-10H,2,11-16H2,1H3,(H,25,31)(H,26,30)(H,27,32). The lowest BCUT2D eigenvalue weighted by atomic mass is 10.2. The Morgan fingerprint density at radius 1 is 0.844 bits per heavy atom. The van der Waals surface area contributed by atoms with Crippen LogP contribution in [0.1, 0.15) is 13.3 Å². The fourth-order valence-electron chi connectivity index (χ4n) is 3.49. The van der Waals surface area contributed by atoms with Gasteiger partial charge in [-0.2, -0.15) is 0 Å². The topological polar surface area (TPSA) is 93.8 Å². The predicted molar refractivity (Wildman–Crippen MR) is 127 cm³/mol. The van der Waals surface area contributed by atoms with Crippen LogP contribution in [0, 0.1) is 0 Å². The van der Waals surface area contributed by atoms with Crippen LogP contribution in [-0.4, -0.2) is 61.9 Å². The van der Waals surface area contributed by atoms with Gasteiger partial charge in [-0.3, -0.25) is 19.3 Å². The zero-order valence-electron chi connectivity index (χ0n) is 18.1. The smallest absolute Gasteiger partial charge is 0.313 e. The minimum Gasteiger partial charge on any atom is -0.369 e. The quantitative estimate of drug-likeness (QED) is 0.439. The second kappa shape index (κ2) is 11.5. The molecule has 0 aliphatic carbocycles. The van der Waals surface area contributed by atoms with Gasteiger partial charge in [0.25, 0.3) is 0 Å². The van der Waals surface area contributed by atoms with Gasteiger partial charge in [0, 0.05) is 61.7 Å². The molecule has 1 fully saturated rings. The van der Waals surface area contributed by atoms with Crippen LogP contribution < -0.4 is 20.9 Å². The Morgan fingerprint density at radius 3 is 2.03 bits per heavy atom. The third-order valence-electron chi connectivity index (χ3n) is 5.17. The van der Waals surface area contributed by atoms with Crippen LogP contribution in [0.15, 0.2) is 48.5 Å². The van der Waals surface area contributed by atoms with Gasteiger partial charge < -0.3 is 20.9 Å². The largest absolute Gasteiger partial charge is 0.369 e. The molecule has 9 heteroatoms. The van der Waals surface area contributed by atoms with Crippen LogP contribution >= 0.6 is 11.6 Å². The average molecular weight is 458 g/mol. The first-order valence-electron chi connectivity index (χ1n) is 10.6. The fraction of sp³-hybridized carbons (Fsp3) is 0.348. The number of rotatable bonds is 7. The highest BCUT2D eigenvalue weighted by Gasteiger charge is 2.17. The van der Waals surface area contributed by atoms with Crippen LogP contribution in [0.5, 0.6) is 0 Å². The summed E-state index contributed by atoms with van der Waals surface area (Å²) in [5.74, 6) is -1.55. The Morgan fingerprint density at radius 2 is 1.44 bits per heavy atom. The van der Waals surface area contributed by atoms with E-state index in [1.54, 1.807) is 24.3 Å². The number of nitrogens with one attached hydrogen (secondary N) is 3. The van der Waals surface area contributed by atoms with E-state index in [1.165, 1.54) is 12.6 Å². The first-order valence-corrected chi connectivity index (χ1v) is 11.0. The molecule has 1 heterocycles. The first kappa shape index (κ1) is 23.6. The molecule has 1 saturated heterocycles. The van der Waals surface area contributed by atoms with Crippen molar-refractivity contribution < 1.29 is 14.4 Å². The summed E-state index contributed by atoms with van der Waals surface area (Å²) in [5, 5.41) is 8.59. The van der Waals surface area contributed by atoms with Crippen molar-refractivity contribution in [3.05, 3.63) is 53.6 Å². The normalized spacial score (nSPS) is 14.0. The summed E-state index contributed by atoms with van der Waals surface area (Å²) in [7, 11) is 0. The summed E-state index contributed by atoms with van der Waals surface area (Å²) in [6.45, 7) is 6.50. The number of carbonyl (C=O) groups is 3. The average Bonchev–Trinajstić information content (AvgIpc) is 2.78. The maximum Gasteiger partial charge on any atom is 0.313 e. The Labute approximate surface area is 192 Å². The highest BCUT2D eigenvalue weighted by molar-refractivity contribution is 6.39. The molecule has 3 amide bonds. The minimum absolute atomic E-state index is 0.176. The summed E-state index contributed by atoms with van der Waals surface area (Å²) in [6, 6.07) is 14.4. The first-order chi connectivity index (χ1) is 15.4. The van der Waals surface area contributed by atoms with Crippen LogP contribution in [0.3, 0.4) is 0 Å². The Balaban J connectivity index is 1.31. The summed E-state index contributed by atoms with van der Waals surface area (Å²) in [5.41, 5.74) is 2.28. The predicted octanol–water partition coefficient (Wildman–Crippen LogP) is 2.57. The highest BCUT2D eigenvalue weighted by atomic mass is 35.5. The van der Waals surface area contributed by atoms with Crippen molar-refractivity contribution in [2.24, 2.45) is 0 Å². The van der Waals surface area contributed by atoms with E-state index in [-0.39, 0.29) is 5.91 Å². The van der Waals surface area contributed by atoms with Crippen LogP contribution in [0.25, 0.3) is 0 Å². The van der Waals surface area contributed by atoms with Gasteiger partial charge in [0.2, 0.25) is 5.91 Å². The molecule has 0 spiro atoms.